The van der Waals surface area contributed by atoms with Gasteiger partial charge in [-0.15, -0.1) is 0 Å². The molecule has 0 unspecified atom stereocenters. The number of carbonyl (C=O) groups is 1. The Morgan fingerprint density at radius 3 is 2.73 bits per heavy atom. The van der Waals surface area contributed by atoms with Crippen molar-refractivity contribution in [3.63, 3.8) is 0 Å². The molecule has 4 nitrogen and oxygen atoms in total. The Balaban J connectivity index is 0.00000112. The SMILES string of the molecule is O=C([O-])c1ncnc2c(F)cccc12.[Li+]. The molecule has 0 aliphatic rings. The van der Waals surface area contributed by atoms with E-state index in [1.165, 1.54) is 18.2 Å². The normalized spacial score (nSPS) is 9.67. The van der Waals surface area contributed by atoms with Crippen LogP contribution in [-0.4, -0.2) is 15.9 Å². The number of hydrogen-bond donors (Lipinski definition) is 0. The molecule has 70 valence electrons. The smallest absolute Gasteiger partial charge is 0.543 e. The second-order valence-electron chi connectivity index (χ2n) is 2.65. The van der Waals surface area contributed by atoms with Crippen LogP contribution in [0.3, 0.4) is 0 Å². The average Bonchev–Trinajstić information content (AvgIpc) is 2.17. The summed E-state index contributed by atoms with van der Waals surface area (Å²) >= 11 is 0. The van der Waals surface area contributed by atoms with Crippen molar-refractivity contribution in [3.8, 4) is 0 Å². The molecule has 1 aromatic heterocycles. The summed E-state index contributed by atoms with van der Waals surface area (Å²) in [5, 5.41) is 10.7. The molecule has 0 aliphatic carbocycles. The molecule has 1 aromatic carbocycles. The van der Waals surface area contributed by atoms with Crippen LogP contribution in [0.5, 0.6) is 0 Å². The van der Waals surface area contributed by atoms with Gasteiger partial charge >= 0.3 is 18.9 Å². The number of carboxylic acids is 1. The van der Waals surface area contributed by atoms with E-state index in [1.807, 2.05) is 0 Å². The van der Waals surface area contributed by atoms with Crippen LogP contribution in [0.15, 0.2) is 24.5 Å². The number of benzene rings is 1. The first-order chi connectivity index (χ1) is 6.70. The summed E-state index contributed by atoms with van der Waals surface area (Å²) in [6, 6.07) is 4.03. The third-order valence-corrected chi connectivity index (χ3v) is 1.81. The Morgan fingerprint density at radius 2 is 2.07 bits per heavy atom. The van der Waals surface area contributed by atoms with Gasteiger partial charge in [0.1, 0.15) is 17.7 Å². The first-order valence-electron chi connectivity index (χ1n) is 3.80. The average molecular weight is 198 g/mol. The fraction of sp³-hybridized carbons (Fsp3) is 0. The van der Waals surface area contributed by atoms with Crippen LogP contribution in [0.4, 0.5) is 4.39 Å². The number of carbonyl (C=O) groups excluding carboxylic acids is 1. The molecule has 0 radical (unpaired) electrons. The van der Waals surface area contributed by atoms with E-state index in [0.717, 1.165) is 6.33 Å². The van der Waals surface area contributed by atoms with Gasteiger partial charge in [-0.3, -0.25) is 0 Å². The summed E-state index contributed by atoms with van der Waals surface area (Å²) in [5.41, 5.74) is -0.309. The van der Waals surface area contributed by atoms with E-state index in [2.05, 4.69) is 9.97 Å². The van der Waals surface area contributed by atoms with Gasteiger partial charge in [0.05, 0.1) is 11.7 Å². The van der Waals surface area contributed by atoms with E-state index in [4.69, 9.17) is 0 Å². The second-order valence-corrected chi connectivity index (χ2v) is 2.65. The van der Waals surface area contributed by atoms with Crippen molar-refractivity contribution < 1.29 is 33.2 Å². The number of para-hydroxylation sites is 1. The van der Waals surface area contributed by atoms with Crippen LogP contribution >= 0.6 is 0 Å². The fourth-order valence-electron chi connectivity index (χ4n) is 1.21. The number of nitrogens with zero attached hydrogens (tertiary/aromatic N) is 2. The minimum absolute atomic E-state index is 0. The number of fused-ring (bicyclic) bond motifs is 1. The van der Waals surface area contributed by atoms with Crippen LogP contribution in [0, 0.1) is 5.82 Å². The van der Waals surface area contributed by atoms with E-state index < -0.39 is 11.8 Å². The molecule has 0 spiro atoms. The van der Waals surface area contributed by atoms with E-state index in [1.54, 1.807) is 0 Å². The molecule has 0 saturated heterocycles. The molecule has 2 rings (SSSR count). The number of aromatic nitrogens is 2. The van der Waals surface area contributed by atoms with Crippen molar-refractivity contribution >= 4 is 16.9 Å². The maximum atomic E-state index is 13.1. The fourth-order valence-corrected chi connectivity index (χ4v) is 1.21. The maximum absolute atomic E-state index is 13.1. The molecular formula is C9H4FLiN2O2. The van der Waals surface area contributed by atoms with E-state index >= 15 is 0 Å². The summed E-state index contributed by atoms with van der Waals surface area (Å²) in [4.78, 5) is 17.8. The van der Waals surface area contributed by atoms with Gasteiger partial charge in [-0.05, 0) is 6.07 Å². The minimum Gasteiger partial charge on any atom is -0.543 e. The first-order valence-corrected chi connectivity index (χ1v) is 3.80. The summed E-state index contributed by atoms with van der Waals surface area (Å²) < 4.78 is 13.1. The molecule has 0 saturated carbocycles. The Hall–Kier alpha value is -1.44. The standard InChI is InChI=1S/C9H5FN2O2.Li/c10-6-3-1-2-5-7(6)11-4-12-8(5)9(13)14;/h1-4H,(H,13,14);/q;+1/p-1. The molecule has 1 heterocycles. The number of aromatic carboxylic acids is 1. The number of rotatable bonds is 1. The van der Waals surface area contributed by atoms with Gasteiger partial charge in [0.15, 0.2) is 0 Å². The summed E-state index contributed by atoms with van der Waals surface area (Å²) in [6.45, 7) is 0. The molecule has 0 N–H and O–H groups in total. The van der Waals surface area contributed by atoms with Gasteiger partial charge in [0, 0.05) is 5.39 Å². The Labute approximate surface area is 96.3 Å². The summed E-state index contributed by atoms with van der Waals surface area (Å²) in [6.07, 6.45) is 0.997. The second kappa shape index (κ2) is 4.39. The molecular weight excluding hydrogens is 194 g/mol. The largest absolute Gasteiger partial charge is 1.00 e. The van der Waals surface area contributed by atoms with Crippen LogP contribution in [0.25, 0.3) is 10.9 Å². The molecule has 6 heteroatoms. The number of halogens is 1. The van der Waals surface area contributed by atoms with Crippen LogP contribution in [0.2, 0.25) is 0 Å². The van der Waals surface area contributed by atoms with E-state index in [9.17, 15) is 14.3 Å². The van der Waals surface area contributed by atoms with Gasteiger partial charge in [-0.2, -0.15) is 0 Å². The molecule has 0 atom stereocenters. The number of carboxylic acid groups (broad SMARTS) is 1. The summed E-state index contributed by atoms with van der Waals surface area (Å²) in [7, 11) is 0. The Morgan fingerprint density at radius 1 is 1.33 bits per heavy atom. The van der Waals surface area contributed by atoms with Gasteiger partial charge in [0.25, 0.3) is 0 Å². The molecule has 2 aromatic rings. The van der Waals surface area contributed by atoms with Crippen molar-refractivity contribution in [1.29, 1.82) is 0 Å². The predicted octanol–water partition coefficient (Wildman–Crippen LogP) is -2.86. The zero-order valence-corrected chi connectivity index (χ0v) is 7.90. The van der Waals surface area contributed by atoms with Crippen molar-refractivity contribution in [2.24, 2.45) is 0 Å². The molecule has 0 fully saturated rings. The van der Waals surface area contributed by atoms with Crippen LogP contribution in [-0.2, 0) is 0 Å². The van der Waals surface area contributed by atoms with Crippen LogP contribution < -0.4 is 24.0 Å². The van der Waals surface area contributed by atoms with Crippen LogP contribution in [0.1, 0.15) is 10.5 Å². The molecule has 15 heavy (non-hydrogen) atoms. The molecule has 0 aliphatic heterocycles. The van der Waals surface area contributed by atoms with Gasteiger partial charge < -0.3 is 9.90 Å². The van der Waals surface area contributed by atoms with Crippen molar-refractivity contribution in [2.45, 2.75) is 0 Å². The topological polar surface area (TPSA) is 65.9 Å². The quantitative estimate of drug-likeness (QED) is 0.462. The zero-order valence-electron chi connectivity index (χ0n) is 7.90. The van der Waals surface area contributed by atoms with Gasteiger partial charge in [-0.25, -0.2) is 14.4 Å². The Kier molecular flexibility index (Phi) is 3.40. The maximum Gasteiger partial charge on any atom is 1.00 e. The summed E-state index contributed by atoms with van der Waals surface area (Å²) in [5.74, 6) is -2.02. The minimum atomic E-state index is -1.44. The van der Waals surface area contributed by atoms with Gasteiger partial charge in [-0.1, -0.05) is 12.1 Å². The van der Waals surface area contributed by atoms with Crippen molar-refractivity contribution in [1.82, 2.24) is 9.97 Å². The third-order valence-electron chi connectivity index (χ3n) is 1.81. The van der Waals surface area contributed by atoms with Crippen molar-refractivity contribution in [2.75, 3.05) is 0 Å². The van der Waals surface area contributed by atoms with E-state index in [-0.39, 0.29) is 35.5 Å². The van der Waals surface area contributed by atoms with Crippen molar-refractivity contribution in [3.05, 3.63) is 36.0 Å². The zero-order chi connectivity index (χ0) is 10.1. The molecule has 0 bridgehead atoms. The van der Waals surface area contributed by atoms with Gasteiger partial charge in [0.2, 0.25) is 0 Å². The monoisotopic (exact) mass is 198 g/mol. The van der Waals surface area contributed by atoms with E-state index in [0.29, 0.717) is 0 Å². The first kappa shape index (κ1) is 11.6. The Bertz CT molecular complexity index is 518. The number of hydrogen-bond acceptors (Lipinski definition) is 4. The molecule has 0 amide bonds. The predicted molar refractivity (Wildman–Crippen MR) is 43.8 cm³/mol. The third kappa shape index (κ3) is 1.98.